The largest absolute Gasteiger partial charge is 0.492 e. The normalized spacial score (nSPS) is 17.8. The molecule has 0 unspecified atom stereocenters. The Bertz CT molecular complexity index is 639. The smallest absolute Gasteiger partial charge is 0.147 e. The van der Waals surface area contributed by atoms with E-state index in [0.29, 0.717) is 6.61 Å². The minimum Gasteiger partial charge on any atom is -0.492 e. The molecule has 3 rings (SSSR count). The highest BCUT2D eigenvalue weighted by Gasteiger charge is 2.28. The molecule has 0 bridgehead atoms. The van der Waals surface area contributed by atoms with Gasteiger partial charge in [0.15, 0.2) is 0 Å². The van der Waals surface area contributed by atoms with Crippen molar-refractivity contribution in [3.05, 3.63) is 65.7 Å². The molecule has 2 aromatic rings. The molecule has 1 aliphatic rings. The Labute approximate surface area is 131 Å². The van der Waals surface area contributed by atoms with Crippen LogP contribution in [-0.4, -0.2) is 29.9 Å². The first-order chi connectivity index (χ1) is 10.7. The van der Waals surface area contributed by atoms with Crippen molar-refractivity contribution in [3.63, 3.8) is 0 Å². The monoisotopic (exact) mass is 295 g/mol. The van der Waals surface area contributed by atoms with Crippen molar-refractivity contribution in [1.29, 1.82) is 0 Å². The van der Waals surface area contributed by atoms with Gasteiger partial charge >= 0.3 is 0 Å². The summed E-state index contributed by atoms with van der Waals surface area (Å²) in [6, 6.07) is 18.2. The van der Waals surface area contributed by atoms with Gasteiger partial charge in [-0.25, -0.2) is 0 Å². The number of Topliss-reactive ketones (excluding diaryl/α,β-unsaturated/α-hetero) is 1. The Balaban J connectivity index is 1.65. The molecule has 0 fully saturated rings. The van der Waals surface area contributed by atoms with Crippen LogP contribution in [0.25, 0.3) is 0 Å². The predicted octanol–water partition coefficient (Wildman–Crippen LogP) is 3.08. The number of carbonyl (C=O) groups excluding carboxylic acids is 1. The first-order valence-electron chi connectivity index (χ1n) is 7.73. The van der Waals surface area contributed by atoms with Crippen LogP contribution in [-0.2, 0) is 17.8 Å². The van der Waals surface area contributed by atoms with Crippen molar-refractivity contribution in [2.24, 2.45) is 0 Å². The second kappa shape index (κ2) is 6.75. The van der Waals surface area contributed by atoms with Crippen LogP contribution in [0.5, 0.6) is 5.75 Å². The second-order valence-electron chi connectivity index (χ2n) is 5.73. The summed E-state index contributed by atoms with van der Waals surface area (Å²) in [7, 11) is 0. The van der Waals surface area contributed by atoms with Crippen LogP contribution in [0.1, 0.15) is 18.1 Å². The summed E-state index contributed by atoms with van der Waals surface area (Å²) in [5.41, 5.74) is 2.61. The van der Waals surface area contributed by atoms with Gasteiger partial charge in [0.2, 0.25) is 0 Å². The summed E-state index contributed by atoms with van der Waals surface area (Å²) < 4.78 is 5.77. The fourth-order valence-electron chi connectivity index (χ4n) is 3.01. The maximum Gasteiger partial charge on any atom is 0.147 e. The van der Waals surface area contributed by atoms with Crippen molar-refractivity contribution in [2.75, 3.05) is 13.2 Å². The molecule has 22 heavy (non-hydrogen) atoms. The highest BCUT2D eigenvalue weighted by atomic mass is 16.5. The first kappa shape index (κ1) is 14.8. The molecule has 0 radical (unpaired) electrons. The molecule has 0 aliphatic carbocycles. The highest BCUT2D eigenvalue weighted by molar-refractivity contribution is 5.82. The summed E-state index contributed by atoms with van der Waals surface area (Å²) in [4.78, 5) is 14.2. The molecule has 1 heterocycles. The number of para-hydroxylation sites is 1. The highest BCUT2D eigenvalue weighted by Crippen LogP contribution is 2.23. The van der Waals surface area contributed by atoms with E-state index in [1.54, 1.807) is 6.92 Å². The van der Waals surface area contributed by atoms with E-state index >= 15 is 0 Å². The second-order valence-corrected chi connectivity index (χ2v) is 5.73. The number of rotatable bonds is 5. The molecule has 0 N–H and O–H groups in total. The fraction of sp³-hybridized carbons (Fsp3) is 0.316. The SMILES string of the molecule is CC(=O)[C@H]1Cc2ccccc2CN1CCOc1ccccc1. The lowest BCUT2D eigenvalue weighted by molar-refractivity contribution is -0.122. The number of ketones is 1. The number of hydrogen-bond donors (Lipinski definition) is 0. The number of carbonyl (C=O) groups is 1. The Hall–Kier alpha value is -2.13. The van der Waals surface area contributed by atoms with E-state index < -0.39 is 0 Å². The third kappa shape index (κ3) is 3.37. The van der Waals surface area contributed by atoms with E-state index in [1.807, 2.05) is 36.4 Å². The third-order valence-electron chi connectivity index (χ3n) is 4.21. The maximum atomic E-state index is 12.0. The van der Waals surface area contributed by atoms with E-state index in [4.69, 9.17) is 4.74 Å². The van der Waals surface area contributed by atoms with Crippen molar-refractivity contribution in [2.45, 2.75) is 25.9 Å². The van der Waals surface area contributed by atoms with E-state index in [9.17, 15) is 4.79 Å². The topological polar surface area (TPSA) is 29.5 Å². The minimum absolute atomic E-state index is 0.0331. The summed E-state index contributed by atoms with van der Waals surface area (Å²) >= 11 is 0. The fourth-order valence-corrected chi connectivity index (χ4v) is 3.01. The molecule has 0 saturated heterocycles. The molecular formula is C19H21NO2. The Morgan fingerprint density at radius 1 is 1.09 bits per heavy atom. The number of nitrogens with zero attached hydrogens (tertiary/aromatic N) is 1. The molecule has 3 nitrogen and oxygen atoms in total. The van der Waals surface area contributed by atoms with Gasteiger partial charge in [-0.15, -0.1) is 0 Å². The summed E-state index contributed by atoms with van der Waals surface area (Å²) in [6.07, 6.45) is 0.802. The average molecular weight is 295 g/mol. The lowest BCUT2D eigenvalue weighted by atomic mass is 9.92. The van der Waals surface area contributed by atoms with E-state index in [-0.39, 0.29) is 11.8 Å². The quantitative estimate of drug-likeness (QED) is 0.849. The Morgan fingerprint density at radius 3 is 2.50 bits per heavy atom. The van der Waals surface area contributed by atoms with Gasteiger partial charge < -0.3 is 4.74 Å². The van der Waals surface area contributed by atoms with Gasteiger partial charge in [-0.1, -0.05) is 42.5 Å². The molecule has 2 aromatic carbocycles. The molecule has 0 aromatic heterocycles. The van der Waals surface area contributed by atoms with Crippen LogP contribution < -0.4 is 4.74 Å². The molecule has 114 valence electrons. The number of benzene rings is 2. The zero-order valence-electron chi connectivity index (χ0n) is 12.9. The molecule has 1 atom stereocenters. The molecular weight excluding hydrogens is 274 g/mol. The van der Waals surface area contributed by atoms with E-state index in [1.165, 1.54) is 11.1 Å². The van der Waals surface area contributed by atoms with Crippen LogP contribution in [0, 0.1) is 0 Å². The molecule has 1 aliphatic heterocycles. The Kier molecular flexibility index (Phi) is 4.54. The molecule has 3 heteroatoms. The predicted molar refractivity (Wildman–Crippen MR) is 87.0 cm³/mol. The molecule has 0 amide bonds. The standard InChI is InChI=1S/C19H21NO2/c1-15(21)19-13-16-7-5-6-8-17(16)14-20(19)11-12-22-18-9-3-2-4-10-18/h2-10,19H,11-14H2,1H3/t19-/m1/s1. The van der Waals surface area contributed by atoms with Gasteiger partial charge in [0.25, 0.3) is 0 Å². The van der Waals surface area contributed by atoms with Gasteiger partial charge in [-0.3, -0.25) is 9.69 Å². The molecule has 0 spiro atoms. The number of fused-ring (bicyclic) bond motifs is 1. The van der Waals surface area contributed by atoms with Crippen molar-refractivity contribution in [1.82, 2.24) is 4.90 Å². The number of hydrogen-bond acceptors (Lipinski definition) is 3. The van der Waals surface area contributed by atoms with Crippen LogP contribution in [0.3, 0.4) is 0 Å². The van der Waals surface area contributed by atoms with Crippen molar-refractivity contribution in [3.8, 4) is 5.75 Å². The van der Waals surface area contributed by atoms with Crippen LogP contribution in [0.4, 0.5) is 0 Å². The summed E-state index contributed by atoms with van der Waals surface area (Å²) in [6.45, 7) is 3.85. The number of ether oxygens (including phenoxy) is 1. The zero-order valence-corrected chi connectivity index (χ0v) is 12.9. The van der Waals surface area contributed by atoms with Gasteiger partial charge in [-0.05, 0) is 36.6 Å². The van der Waals surface area contributed by atoms with Crippen molar-refractivity contribution >= 4 is 5.78 Å². The lowest BCUT2D eigenvalue weighted by Gasteiger charge is -2.35. The lowest BCUT2D eigenvalue weighted by Crippen LogP contribution is -2.46. The summed E-state index contributed by atoms with van der Waals surface area (Å²) in [5.74, 6) is 1.11. The third-order valence-corrected chi connectivity index (χ3v) is 4.21. The van der Waals surface area contributed by atoms with Crippen LogP contribution >= 0.6 is 0 Å². The summed E-state index contributed by atoms with van der Waals surface area (Å²) in [5, 5.41) is 0. The zero-order chi connectivity index (χ0) is 15.4. The van der Waals surface area contributed by atoms with Crippen molar-refractivity contribution < 1.29 is 9.53 Å². The van der Waals surface area contributed by atoms with E-state index in [2.05, 4.69) is 23.1 Å². The van der Waals surface area contributed by atoms with Crippen LogP contribution in [0.2, 0.25) is 0 Å². The average Bonchev–Trinajstić information content (AvgIpc) is 2.55. The van der Waals surface area contributed by atoms with Gasteiger partial charge in [0, 0.05) is 13.1 Å². The van der Waals surface area contributed by atoms with Gasteiger partial charge in [0.05, 0.1) is 6.04 Å². The van der Waals surface area contributed by atoms with Gasteiger partial charge in [-0.2, -0.15) is 0 Å². The van der Waals surface area contributed by atoms with Crippen LogP contribution in [0.15, 0.2) is 54.6 Å². The maximum absolute atomic E-state index is 12.0. The van der Waals surface area contributed by atoms with E-state index in [0.717, 1.165) is 25.3 Å². The first-order valence-corrected chi connectivity index (χ1v) is 7.73. The van der Waals surface area contributed by atoms with Gasteiger partial charge in [0.1, 0.15) is 18.1 Å². The molecule has 0 saturated carbocycles. The Morgan fingerprint density at radius 2 is 1.77 bits per heavy atom. The minimum atomic E-state index is -0.0331.